The first-order valence-electron chi connectivity index (χ1n) is 10.4. The van der Waals surface area contributed by atoms with Crippen molar-refractivity contribution in [2.24, 2.45) is 0 Å². The SMILES string of the molecule is c1ccc2cc3cc4cc5c6ccccc6c6ccccc6c5cc4cc3cc2c1. The largest absolute Gasteiger partial charge is 0.0616 e. The van der Waals surface area contributed by atoms with Gasteiger partial charge in [0, 0.05) is 0 Å². The van der Waals surface area contributed by atoms with E-state index in [0.717, 1.165) is 0 Å². The van der Waals surface area contributed by atoms with Gasteiger partial charge in [0.25, 0.3) is 0 Å². The van der Waals surface area contributed by atoms with Gasteiger partial charge in [0.15, 0.2) is 0 Å². The first-order chi connectivity index (χ1) is 14.8. The summed E-state index contributed by atoms with van der Waals surface area (Å²) in [6, 6.07) is 40.3. The Balaban J connectivity index is 1.69. The monoisotopic (exact) mass is 378 g/mol. The standard InChI is InChI=1S/C30H18/c1-2-8-20-14-22-16-24-18-30-28-12-6-4-10-26(28)25-9-3-5-11-27(25)29(30)17-23(24)15-21(22)13-19(20)7-1/h1-18H. The van der Waals surface area contributed by atoms with Crippen LogP contribution in [0.4, 0.5) is 0 Å². The summed E-state index contributed by atoms with van der Waals surface area (Å²) in [6.07, 6.45) is 0. The molecule has 0 radical (unpaired) electrons. The fourth-order valence-corrected chi connectivity index (χ4v) is 5.10. The van der Waals surface area contributed by atoms with E-state index in [1.165, 1.54) is 64.6 Å². The summed E-state index contributed by atoms with van der Waals surface area (Å²) in [7, 11) is 0. The molecule has 0 saturated heterocycles. The third kappa shape index (κ3) is 2.16. The highest BCUT2D eigenvalue weighted by atomic mass is 14.1. The number of hydrogen-bond acceptors (Lipinski definition) is 0. The van der Waals surface area contributed by atoms with Crippen molar-refractivity contribution in [2.75, 3.05) is 0 Å². The highest BCUT2D eigenvalue weighted by molar-refractivity contribution is 6.27. The zero-order chi connectivity index (χ0) is 19.7. The van der Waals surface area contributed by atoms with Gasteiger partial charge in [-0.25, -0.2) is 0 Å². The van der Waals surface area contributed by atoms with Gasteiger partial charge < -0.3 is 0 Å². The minimum atomic E-state index is 1.29. The molecule has 0 aliphatic heterocycles. The lowest BCUT2D eigenvalue weighted by Crippen LogP contribution is -1.85. The molecule has 7 aromatic rings. The molecule has 0 heteroatoms. The Labute approximate surface area is 174 Å². The van der Waals surface area contributed by atoms with Crippen LogP contribution >= 0.6 is 0 Å². The molecule has 0 bridgehead atoms. The van der Waals surface area contributed by atoms with Crippen molar-refractivity contribution in [1.29, 1.82) is 0 Å². The van der Waals surface area contributed by atoms with E-state index in [2.05, 4.69) is 109 Å². The van der Waals surface area contributed by atoms with Gasteiger partial charge in [0.1, 0.15) is 0 Å². The van der Waals surface area contributed by atoms with Crippen LogP contribution in [0.15, 0.2) is 109 Å². The molecular weight excluding hydrogens is 360 g/mol. The molecule has 138 valence electrons. The van der Waals surface area contributed by atoms with E-state index in [1.54, 1.807) is 0 Å². The minimum Gasteiger partial charge on any atom is -0.0616 e. The van der Waals surface area contributed by atoms with Crippen LogP contribution in [-0.2, 0) is 0 Å². The van der Waals surface area contributed by atoms with Gasteiger partial charge >= 0.3 is 0 Å². The Hall–Kier alpha value is -3.90. The maximum atomic E-state index is 2.38. The van der Waals surface area contributed by atoms with Crippen LogP contribution < -0.4 is 0 Å². The third-order valence-electron chi connectivity index (χ3n) is 6.52. The van der Waals surface area contributed by atoms with Crippen LogP contribution in [0.1, 0.15) is 0 Å². The molecule has 30 heavy (non-hydrogen) atoms. The topological polar surface area (TPSA) is 0 Å². The molecule has 0 aliphatic rings. The third-order valence-corrected chi connectivity index (χ3v) is 6.52. The molecule has 0 fully saturated rings. The lowest BCUT2D eigenvalue weighted by atomic mass is 9.91. The van der Waals surface area contributed by atoms with E-state index in [9.17, 15) is 0 Å². The van der Waals surface area contributed by atoms with E-state index in [-0.39, 0.29) is 0 Å². The van der Waals surface area contributed by atoms with Crippen molar-refractivity contribution in [2.45, 2.75) is 0 Å². The predicted molar refractivity (Wildman–Crippen MR) is 131 cm³/mol. The normalized spacial score (nSPS) is 12.0. The van der Waals surface area contributed by atoms with Gasteiger partial charge in [-0.15, -0.1) is 0 Å². The molecule has 0 aliphatic carbocycles. The molecule has 0 amide bonds. The Morgan fingerprint density at radius 3 is 0.967 bits per heavy atom. The van der Waals surface area contributed by atoms with Crippen LogP contribution in [0.2, 0.25) is 0 Å². The zero-order valence-electron chi connectivity index (χ0n) is 16.4. The molecule has 0 saturated carbocycles. The van der Waals surface area contributed by atoms with Gasteiger partial charge in [-0.2, -0.15) is 0 Å². The molecule has 0 spiro atoms. The number of fused-ring (bicyclic) bond motifs is 9. The van der Waals surface area contributed by atoms with Gasteiger partial charge in [0.05, 0.1) is 0 Å². The van der Waals surface area contributed by atoms with E-state index in [1.807, 2.05) is 0 Å². The molecule has 7 rings (SSSR count). The Morgan fingerprint density at radius 1 is 0.233 bits per heavy atom. The van der Waals surface area contributed by atoms with E-state index >= 15 is 0 Å². The van der Waals surface area contributed by atoms with Crippen LogP contribution in [0, 0.1) is 0 Å². The van der Waals surface area contributed by atoms with Crippen molar-refractivity contribution in [3.63, 3.8) is 0 Å². The molecule has 0 unspecified atom stereocenters. The van der Waals surface area contributed by atoms with Gasteiger partial charge in [-0.3, -0.25) is 0 Å². The summed E-state index contributed by atoms with van der Waals surface area (Å²) in [5.41, 5.74) is 0. The molecule has 0 atom stereocenters. The predicted octanol–water partition coefficient (Wildman–Crippen LogP) is 8.61. The van der Waals surface area contributed by atoms with E-state index in [4.69, 9.17) is 0 Å². The van der Waals surface area contributed by atoms with Crippen molar-refractivity contribution in [3.8, 4) is 0 Å². The number of benzene rings is 7. The van der Waals surface area contributed by atoms with Crippen LogP contribution in [0.3, 0.4) is 0 Å². The van der Waals surface area contributed by atoms with Crippen molar-refractivity contribution in [1.82, 2.24) is 0 Å². The highest BCUT2D eigenvalue weighted by Gasteiger charge is 2.10. The van der Waals surface area contributed by atoms with Crippen LogP contribution in [0.25, 0.3) is 64.6 Å². The minimum absolute atomic E-state index is 1.29. The van der Waals surface area contributed by atoms with Crippen LogP contribution in [-0.4, -0.2) is 0 Å². The summed E-state index contributed by atoms with van der Waals surface area (Å²) in [6.45, 7) is 0. The molecule has 0 aromatic heterocycles. The molecule has 0 nitrogen and oxygen atoms in total. The first kappa shape index (κ1) is 16.0. The van der Waals surface area contributed by atoms with E-state index in [0.29, 0.717) is 0 Å². The zero-order valence-corrected chi connectivity index (χ0v) is 16.4. The summed E-state index contributed by atoms with van der Waals surface area (Å²) < 4.78 is 0. The summed E-state index contributed by atoms with van der Waals surface area (Å²) >= 11 is 0. The lowest BCUT2D eigenvalue weighted by Gasteiger charge is -2.12. The van der Waals surface area contributed by atoms with Gasteiger partial charge in [-0.1, -0.05) is 72.8 Å². The Morgan fingerprint density at radius 2 is 0.533 bits per heavy atom. The molecule has 0 N–H and O–H groups in total. The summed E-state index contributed by atoms with van der Waals surface area (Å²) in [5.74, 6) is 0. The summed E-state index contributed by atoms with van der Waals surface area (Å²) in [4.78, 5) is 0. The fourth-order valence-electron chi connectivity index (χ4n) is 5.10. The lowest BCUT2D eigenvalue weighted by molar-refractivity contribution is 1.78. The van der Waals surface area contributed by atoms with Crippen molar-refractivity contribution >= 4 is 64.6 Å². The van der Waals surface area contributed by atoms with Gasteiger partial charge in [-0.05, 0) is 101 Å². The second-order valence-electron chi connectivity index (χ2n) is 8.23. The smallest absolute Gasteiger partial charge is 0.00926 e. The van der Waals surface area contributed by atoms with Crippen LogP contribution in [0.5, 0.6) is 0 Å². The quantitative estimate of drug-likeness (QED) is 0.183. The molecule has 0 heterocycles. The average molecular weight is 378 g/mol. The fraction of sp³-hybridized carbons (Fsp3) is 0. The highest BCUT2D eigenvalue weighted by Crippen LogP contribution is 2.38. The maximum Gasteiger partial charge on any atom is -0.00926 e. The second kappa shape index (κ2) is 5.81. The maximum absolute atomic E-state index is 2.38. The van der Waals surface area contributed by atoms with Crippen molar-refractivity contribution in [3.05, 3.63) is 109 Å². The Kier molecular flexibility index (Phi) is 3.09. The van der Waals surface area contributed by atoms with Crippen molar-refractivity contribution < 1.29 is 0 Å². The second-order valence-corrected chi connectivity index (χ2v) is 8.23. The first-order valence-corrected chi connectivity index (χ1v) is 10.4. The van der Waals surface area contributed by atoms with E-state index < -0.39 is 0 Å². The number of hydrogen-bond donors (Lipinski definition) is 0. The van der Waals surface area contributed by atoms with Gasteiger partial charge in [0.2, 0.25) is 0 Å². The average Bonchev–Trinajstić information content (AvgIpc) is 2.80. The Bertz CT molecular complexity index is 1650. The number of rotatable bonds is 0. The summed E-state index contributed by atoms with van der Waals surface area (Å²) in [5, 5.41) is 15.7. The molecular formula is C30H18. The molecule has 7 aromatic carbocycles.